The highest BCUT2D eigenvalue weighted by molar-refractivity contribution is 5.71. The van der Waals surface area contributed by atoms with Crippen LogP contribution in [0, 0.1) is 0 Å². The van der Waals surface area contributed by atoms with E-state index in [4.69, 9.17) is 18.9 Å². The number of rotatable bonds is 51. The molecule has 0 rings (SSSR count). The van der Waals surface area contributed by atoms with Crippen LogP contribution in [0.2, 0.25) is 0 Å². The molecule has 2 atom stereocenters. The normalized spacial score (nSPS) is 13.8. The van der Waals surface area contributed by atoms with Crippen LogP contribution in [0.3, 0.4) is 0 Å². The Bertz CT molecular complexity index is 1670. The first kappa shape index (κ1) is 69.4. The number of hydrogen-bond donors (Lipinski definition) is 1. The fraction of sp³-hybridized carbons (Fsp3) is 0.615. The van der Waals surface area contributed by atoms with Gasteiger partial charge in [-0.1, -0.05) is 212 Å². The Balaban J connectivity index is 4.26. The Labute approximate surface area is 452 Å². The Morgan fingerprint density at radius 3 is 1.15 bits per heavy atom. The molecule has 0 saturated carbocycles. The predicted molar refractivity (Wildman–Crippen MR) is 313 cm³/mol. The van der Waals surface area contributed by atoms with Crippen LogP contribution in [0.5, 0.6) is 0 Å². The van der Waals surface area contributed by atoms with Gasteiger partial charge in [-0.3, -0.25) is 9.59 Å². The van der Waals surface area contributed by atoms with Gasteiger partial charge in [0.25, 0.3) is 6.29 Å². The second kappa shape index (κ2) is 54.7. The number of ether oxygens (including phenoxy) is 4. The molecule has 1 N–H and O–H groups in total. The van der Waals surface area contributed by atoms with E-state index in [2.05, 4.69) is 148 Å². The minimum absolute atomic E-state index is 0.176. The lowest BCUT2D eigenvalue weighted by molar-refractivity contribution is -0.870. The maximum Gasteiger partial charge on any atom is 0.361 e. The van der Waals surface area contributed by atoms with Crippen molar-refractivity contribution in [2.45, 2.75) is 212 Å². The minimum Gasteiger partial charge on any atom is -0.477 e. The molecule has 0 heterocycles. The van der Waals surface area contributed by atoms with Crippen LogP contribution in [0.4, 0.5) is 0 Å². The summed E-state index contributed by atoms with van der Waals surface area (Å²) in [7, 11) is 5.94. The number of unbranched alkanes of at least 4 members (excludes halogenated alkanes) is 14. The van der Waals surface area contributed by atoms with Crippen molar-refractivity contribution in [1.82, 2.24) is 0 Å². The number of quaternary nitrogens is 1. The number of carboxylic acids is 1. The van der Waals surface area contributed by atoms with Crippen molar-refractivity contribution in [3.8, 4) is 0 Å². The third kappa shape index (κ3) is 55.2. The third-order valence-corrected chi connectivity index (χ3v) is 11.6. The molecule has 0 bridgehead atoms. The van der Waals surface area contributed by atoms with Crippen LogP contribution in [0.1, 0.15) is 200 Å². The molecule has 0 fully saturated rings. The van der Waals surface area contributed by atoms with E-state index in [1.165, 1.54) is 32.1 Å². The molecule has 0 aliphatic carbocycles. The van der Waals surface area contributed by atoms with Crippen molar-refractivity contribution in [1.29, 1.82) is 0 Å². The van der Waals surface area contributed by atoms with Crippen LogP contribution in [0.15, 0.2) is 134 Å². The average molecular weight is 1030 g/mol. The largest absolute Gasteiger partial charge is 0.477 e. The van der Waals surface area contributed by atoms with Crippen molar-refractivity contribution in [2.75, 3.05) is 47.5 Å². The Kier molecular flexibility index (Phi) is 51.3. The molecule has 2 unspecified atom stereocenters. The summed E-state index contributed by atoms with van der Waals surface area (Å²) in [6, 6.07) is 0. The first-order valence-corrected chi connectivity index (χ1v) is 28.8. The van der Waals surface area contributed by atoms with Gasteiger partial charge in [0.2, 0.25) is 0 Å². The molecule has 0 radical (unpaired) electrons. The number of esters is 2. The highest BCUT2D eigenvalue weighted by atomic mass is 16.7. The number of allylic oxidation sites excluding steroid dienone is 22. The third-order valence-electron chi connectivity index (χ3n) is 11.6. The summed E-state index contributed by atoms with van der Waals surface area (Å²) < 4.78 is 22.8. The van der Waals surface area contributed by atoms with Crippen LogP contribution < -0.4 is 0 Å². The Hall–Kier alpha value is -4.57. The van der Waals surface area contributed by atoms with E-state index in [0.29, 0.717) is 17.4 Å². The molecule has 9 heteroatoms. The van der Waals surface area contributed by atoms with E-state index in [1.54, 1.807) is 0 Å². The topological polar surface area (TPSA) is 108 Å². The summed E-state index contributed by atoms with van der Waals surface area (Å²) >= 11 is 0. The Morgan fingerprint density at radius 1 is 0.419 bits per heavy atom. The molecule has 9 nitrogen and oxygen atoms in total. The second-order valence-electron chi connectivity index (χ2n) is 19.9. The van der Waals surface area contributed by atoms with Crippen molar-refractivity contribution in [3.05, 3.63) is 134 Å². The Morgan fingerprint density at radius 2 is 0.770 bits per heavy atom. The monoisotopic (exact) mass is 1030 g/mol. The van der Waals surface area contributed by atoms with Gasteiger partial charge in [0.05, 0.1) is 34.4 Å². The summed E-state index contributed by atoms with van der Waals surface area (Å²) in [6.45, 7) is 4.66. The standard InChI is InChI=1S/C65H105NO8/c1-6-8-10-12-14-16-18-20-22-23-24-25-26-27-28-29-30-31-32-33-34-35-36-37-38-39-40-41-42-44-46-48-50-52-54-56-63(68)74-61(60-73-65(64(69)70)71-58-57-66(3,4)5)59-72-62(67)55-53-51-49-47-45-43-21-19-17-15-13-11-9-7-2/h8,10,13-16,19-22,24-25,27-28,30-31,33-34,36-37,39-40,61,65H,6-7,9,11-12,17-18,23,26,29,32,35,38,41-60H2,1-5H3/p+1/b10-8-,15-13-,16-14-,21-19-,22-20-,25-24-,28-27-,31-30-,34-33-,37-36-,40-39-. The molecule has 0 aromatic heterocycles. The molecule has 0 amide bonds. The number of carboxylic acid groups (broad SMARTS) is 1. The van der Waals surface area contributed by atoms with Crippen LogP contribution in [0.25, 0.3) is 0 Å². The summed E-state index contributed by atoms with van der Waals surface area (Å²) in [6.07, 6.45) is 75.3. The van der Waals surface area contributed by atoms with Crippen molar-refractivity contribution >= 4 is 17.9 Å². The molecule has 418 valence electrons. The van der Waals surface area contributed by atoms with Gasteiger partial charge in [-0.15, -0.1) is 0 Å². The molecule has 0 aromatic rings. The van der Waals surface area contributed by atoms with Crippen molar-refractivity contribution in [3.63, 3.8) is 0 Å². The summed E-state index contributed by atoms with van der Waals surface area (Å²) in [4.78, 5) is 37.3. The zero-order valence-corrected chi connectivity index (χ0v) is 47.4. The maximum atomic E-state index is 12.9. The first-order valence-electron chi connectivity index (χ1n) is 28.8. The summed E-state index contributed by atoms with van der Waals surface area (Å²) in [5.74, 6) is -2.06. The first-order chi connectivity index (χ1) is 36.1. The SMILES string of the molecule is CC/C=C\C/C=C\C/C=C\C/C=C\C/C=C\C/C=C\C/C=C\C/C=C\C/C=C\CCCCCCCCCC(=O)OC(COC(=O)CCCCCCC/C=C\C/C=C\CCCC)COC(OCC[N+](C)(C)C)C(=O)O. The summed E-state index contributed by atoms with van der Waals surface area (Å²) in [5, 5.41) is 9.69. The highest BCUT2D eigenvalue weighted by Gasteiger charge is 2.25. The zero-order valence-electron chi connectivity index (χ0n) is 47.4. The van der Waals surface area contributed by atoms with E-state index in [9.17, 15) is 19.5 Å². The smallest absolute Gasteiger partial charge is 0.361 e. The fourth-order valence-electron chi connectivity index (χ4n) is 7.20. The molecular formula is C65H106NO8+. The summed E-state index contributed by atoms with van der Waals surface area (Å²) in [5.41, 5.74) is 0. The van der Waals surface area contributed by atoms with Crippen LogP contribution >= 0.6 is 0 Å². The van der Waals surface area contributed by atoms with Gasteiger partial charge in [-0.2, -0.15) is 0 Å². The van der Waals surface area contributed by atoms with Gasteiger partial charge in [-0.25, -0.2) is 4.79 Å². The number of aliphatic carboxylic acids is 1. The average Bonchev–Trinajstić information content (AvgIpc) is 3.37. The van der Waals surface area contributed by atoms with Gasteiger partial charge in [0.15, 0.2) is 6.10 Å². The fourth-order valence-corrected chi connectivity index (χ4v) is 7.20. The molecule has 0 aliphatic rings. The lowest BCUT2D eigenvalue weighted by Gasteiger charge is -2.25. The van der Waals surface area contributed by atoms with Crippen LogP contribution in [-0.4, -0.2) is 87.4 Å². The molecule has 0 saturated heterocycles. The number of hydrogen-bond acceptors (Lipinski definition) is 7. The van der Waals surface area contributed by atoms with Gasteiger partial charge in [0, 0.05) is 12.8 Å². The lowest BCUT2D eigenvalue weighted by Crippen LogP contribution is -2.40. The predicted octanol–water partition coefficient (Wildman–Crippen LogP) is 17.1. The molecule has 0 spiro atoms. The van der Waals surface area contributed by atoms with E-state index < -0.39 is 24.3 Å². The minimum atomic E-state index is -1.52. The number of likely N-dealkylation sites (N-methyl/N-ethyl adjacent to an activating group) is 1. The molecule has 0 aromatic carbocycles. The highest BCUT2D eigenvalue weighted by Crippen LogP contribution is 2.13. The van der Waals surface area contributed by atoms with Gasteiger partial charge in [0.1, 0.15) is 13.2 Å². The van der Waals surface area contributed by atoms with E-state index in [-0.39, 0.29) is 38.6 Å². The maximum absolute atomic E-state index is 12.9. The van der Waals surface area contributed by atoms with Gasteiger partial charge in [-0.05, 0) is 109 Å². The van der Waals surface area contributed by atoms with E-state index in [0.717, 1.165) is 135 Å². The van der Waals surface area contributed by atoms with Crippen molar-refractivity contribution < 1.29 is 42.9 Å². The van der Waals surface area contributed by atoms with Crippen molar-refractivity contribution in [2.24, 2.45) is 0 Å². The molecule has 74 heavy (non-hydrogen) atoms. The second-order valence-corrected chi connectivity index (χ2v) is 19.9. The quantitative estimate of drug-likeness (QED) is 0.0211. The van der Waals surface area contributed by atoms with Gasteiger partial charge < -0.3 is 28.5 Å². The van der Waals surface area contributed by atoms with Gasteiger partial charge >= 0.3 is 17.9 Å². The molecule has 0 aliphatic heterocycles. The van der Waals surface area contributed by atoms with E-state index in [1.807, 2.05) is 21.1 Å². The number of carbonyl (C=O) groups is 3. The van der Waals surface area contributed by atoms with Crippen LogP contribution in [-0.2, 0) is 33.3 Å². The lowest BCUT2D eigenvalue weighted by atomic mass is 10.1. The zero-order chi connectivity index (χ0) is 54.1. The van der Waals surface area contributed by atoms with E-state index >= 15 is 0 Å². The number of carbonyl (C=O) groups excluding carboxylic acids is 2. The molecular weight excluding hydrogens is 923 g/mol. The number of nitrogens with zero attached hydrogens (tertiary/aromatic N) is 1.